The fraction of sp³-hybridized carbons (Fsp3) is 0.467. The first-order chi connectivity index (χ1) is 9.43. The van der Waals surface area contributed by atoms with Gasteiger partial charge in [0.1, 0.15) is 5.01 Å². The van der Waals surface area contributed by atoms with Gasteiger partial charge in [-0.05, 0) is 33.3 Å². The van der Waals surface area contributed by atoms with E-state index in [1.807, 2.05) is 26.1 Å². The summed E-state index contributed by atoms with van der Waals surface area (Å²) >= 11 is 7.64. The van der Waals surface area contributed by atoms with Gasteiger partial charge >= 0.3 is 0 Å². The number of carbonyl (C=O) groups excluding carboxylic acids is 1. The Morgan fingerprint density at radius 2 is 2.20 bits per heavy atom. The summed E-state index contributed by atoms with van der Waals surface area (Å²) in [6.07, 6.45) is 2.94. The number of alkyl halides is 1. The van der Waals surface area contributed by atoms with Gasteiger partial charge in [-0.3, -0.25) is 4.79 Å². The van der Waals surface area contributed by atoms with E-state index in [4.69, 9.17) is 11.6 Å². The van der Waals surface area contributed by atoms with E-state index in [0.29, 0.717) is 6.54 Å². The lowest BCUT2D eigenvalue weighted by atomic mass is 10.1. The molecule has 0 fully saturated rings. The molecule has 2 heterocycles. The molecule has 2 aromatic heterocycles. The molecule has 0 saturated carbocycles. The number of aromatic nitrogens is 2. The van der Waals surface area contributed by atoms with E-state index >= 15 is 0 Å². The highest BCUT2D eigenvalue weighted by Crippen LogP contribution is 2.22. The lowest BCUT2D eigenvalue weighted by Crippen LogP contribution is -2.12. The van der Waals surface area contributed by atoms with Crippen molar-refractivity contribution in [2.75, 3.05) is 0 Å². The fourth-order valence-corrected chi connectivity index (χ4v) is 3.20. The van der Waals surface area contributed by atoms with Gasteiger partial charge < -0.3 is 4.57 Å². The van der Waals surface area contributed by atoms with Gasteiger partial charge in [0.25, 0.3) is 0 Å². The summed E-state index contributed by atoms with van der Waals surface area (Å²) in [5.41, 5.74) is 2.75. The smallest absolute Gasteiger partial charge is 0.182 e. The topological polar surface area (TPSA) is 34.9 Å². The molecule has 20 heavy (non-hydrogen) atoms. The summed E-state index contributed by atoms with van der Waals surface area (Å²) in [6, 6.07) is 1.92. The minimum atomic E-state index is -0.490. The highest BCUT2D eigenvalue weighted by atomic mass is 35.5. The van der Waals surface area contributed by atoms with Crippen molar-refractivity contribution in [3.8, 4) is 0 Å². The summed E-state index contributed by atoms with van der Waals surface area (Å²) in [5, 5.41) is 0.581. The number of rotatable bonds is 5. The normalized spacial score (nSPS) is 12.7. The third-order valence-electron chi connectivity index (χ3n) is 3.44. The average molecular weight is 311 g/mol. The van der Waals surface area contributed by atoms with Crippen LogP contribution in [0.5, 0.6) is 0 Å². The molecule has 0 saturated heterocycles. The number of aryl methyl sites for hydroxylation is 2. The van der Waals surface area contributed by atoms with Crippen molar-refractivity contribution in [1.29, 1.82) is 0 Å². The third-order valence-corrected chi connectivity index (χ3v) is 4.77. The Morgan fingerprint density at radius 3 is 2.75 bits per heavy atom. The molecule has 3 nitrogen and oxygen atoms in total. The number of thiazole rings is 1. The first kappa shape index (κ1) is 15.3. The molecule has 1 atom stereocenters. The van der Waals surface area contributed by atoms with Gasteiger partial charge in [0.15, 0.2) is 5.78 Å². The fourth-order valence-electron chi connectivity index (χ4n) is 2.23. The molecular weight excluding hydrogens is 292 g/mol. The van der Waals surface area contributed by atoms with E-state index in [-0.39, 0.29) is 5.78 Å². The lowest BCUT2D eigenvalue weighted by Gasteiger charge is -2.08. The molecule has 1 unspecified atom stereocenters. The van der Waals surface area contributed by atoms with E-state index in [2.05, 4.69) is 16.5 Å². The molecule has 2 aromatic rings. The second-order valence-electron chi connectivity index (χ2n) is 4.93. The van der Waals surface area contributed by atoms with Crippen molar-refractivity contribution in [3.63, 3.8) is 0 Å². The second-order valence-corrected chi connectivity index (χ2v) is 6.78. The summed E-state index contributed by atoms with van der Waals surface area (Å²) in [7, 11) is 0. The quantitative estimate of drug-likeness (QED) is 0.618. The Morgan fingerprint density at radius 1 is 1.50 bits per heavy atom. The van der Waals surface area contributed by atoms with Gasteiger partial charge in [-0.15, -0.1) is 22.9 Å². The highest BCUT2D eigenvalue weighted by molar-refractivity contribution is 7.11. The number of hydrogen-bond acceptors (Lipinski definition) is 3. The molecule has 2 rings (SSSR count). The maximum absolute atomic E-state index is 12.1. The van der Waals surface area contributed by atoms with Gasteiger partial charge in [0.05, 0.1) is 11.9 Å². The van der Waals surface area contributed by atoms with Gasteiger partial charge in [0, 0.05) is 28.0 Å². The molecule has 0 aromatic carbocycles. The van der Waals surface area contributed by atoms with Crippen LogP contribution in [-0.2, 0) is 13.0 Å². The number of ketones is 1. The number of Topliss-reactive ketones (excluding diaryl/α,β-unsaturated/α-hetero) is 1. The zero-order chi connectivity index (χ0) is 14.9. The summed E-state index contributed by atoms with van der Waals surface area (Å²) in [4.78, 5) is 17.8. The Bertz CT molecular complexity index is 628. The Kier molecular flexibility index (Phi) is 4.66. The van der Waals surface area contributed by atoms with Crippen molar-refractivity contribution in [2.24, 2.45) is 0 Å². The second kappa shape index (κ2) is 6.10. The van der Waals surface area contributed by atoms with Gasteiger partial charge in [-0.25, -0.2) is 4.98 Å². The van der Waals surface area contributed by atoms with Crippen LogP contribution in [0.4, 0.5) is 0 Å². The molecule has 0 N–H and O–H groups in total. The van der Waals surface area contributed by atoms with Crippen LogP contribution in [0.15, 0.2) is 12.3 Å². The van der Waals surface area contributed by atoms with E-state index in [1.165, 1.54) is 4.88 Å². The maximum atomic E-state index is 12.1. The molecule has 0 spiro atoms. The van der Waals surface area contributed by atoms with Crippen molar-refractivity contribution in [1.82, 2.24) is 9.55 Å². The van der Waals surface area contributed by atoms with E-state index in [0.717, 1.165) is 28.4 Å². The third kappa shape index (κ3) is 2.96. The molecule has 108 valence electrons. The number of carbonyl (C=O) groups is 1. The monoisotopic (exact) mass is 310 g/mol. The first-order valence-electron chi connectivity index (χ1n) is 6.72. The summed E-state index contributed by atoms with van der Waals surface area (Å²) < 4.78 is 2.13. The SMILES string of the molecule is CCc1cnc(Cn2c(C)cc(C(=O)C(C)Cl)c2C)s1. The Balaban J connectivity index is 2.31. The molecule has 0 radical (unpaired) electrons. The van der Waals surface area contributed by atoms with Crippen molar-refractivity contribution in [3.05, 3.63) is 39.1 Å². The van der Waals surface area contributed by atoms with Crippen LogP contribution in [0, 0.1) is 13.8 Å². The summed E-state index contributed by atoms with van der Waals surface area (Å²) in [6.45, 7) is 8.53. The molecule has 0 aliphatic rings. The summed E-state index contributed by atoms with van der Waals surface area (Å²) in [5.74, 6) is -0.0144. The Labute approximate surface area is 128 Å². The van der Waals surface area contributed by atoms with Crippen molar-refractivity contribution in [2.45, 2.75) is 46.0 Å². The van der Waals surface area contributed by atoms with Gasteiger partial charge in [0.2, 0.25) is 0 Å². The first-order valence-corrected chi connectivity index (χ1v) is 7.98. The van der Waals surface area contributed by atoms with Gasteiger partial charge in [-0.1, -0.05) is 6.92 Å². The van der Waals surface area contributed by atoms with Crippen molar-refractivity contribution >= 4 is 28.7 Å². The minimum Gasteiger partial charge on any atom is -0.342 e. The average Bonchev–Trinajstić information content (AvgIpc) is 2.97. The van der Waals surface area contributed by atoms with Gasteiger partial charge in [-0.2, -0.15) is 0 Å². The van der Waals surface area contributed by atoms with Crippen LogP contribution < -0.4 is 0 Å². The van der Waals surface area contributed by atoms with Crippen LogP contribution in [0.3, 0.4) is 0 Å². The molecule has 0 aliphatic carbocycles. The molecule has 0 bridgehead atoms. The predicted octanol–water partition coefficient (Wildman–Crippen LogP) is 3.98. The largest absolute Gasteiger partial charge is 0.342 e. The van der Waals surface area contributed by atoms with E-state index < -0.39 is 5.38 Å². The van der Waals surface area contributed by atoms with Crippen LogP contribution in [0.1, 0.15) is 45.5 Å². The molecule has 0 amide bonds. The molecule has 5 heteroatoms. The van der Waals surface area contributed by atoms with Crippen molar-refractivity contribution < 1.29 is 4.79 Å². The minimum absolute atomic E-state index is 0.0144. The predicted molar refractivity (Wildman–Crippen MR) is 84.1 cm³/mol. The zero-order valence-electron chi connectivity index (χ0n) is 12.2. The van der Waals surface area contributed by atoms with Crippen LogP contribution in [0.25, 0.3) is 0 Å². The number of nitrogens with zero attached hydrogens (tertiary/aromatic N) is 2. The standard InChI is InChI=1S/C15H19ClN2OS/c1-5-12-7-17-14(20-12)8-18-9(2)6-13(11(18)4)15(19)10(3)16/h6-7,10H,5,8H2,1-4H3. The zero-order valence-corrected chi connectivity index (χ0v) is 13.8. The maximum Gasteiger partial charge on any atom is 0.182 e. The Hall–Kier alpha value is -1.13. The van der Waals surface area contributed by atoms with E-state index in [9.17, 15) is 4.79 Å². The lowest BCUT2D eigenvalue weighted by molar-refractivity contribution is 0.0991. The van der Waals surface area contributed by atoms with Crippen LogP contribution in [0.2, 0.25) is 0 Å². The highest BCUT2D eigenvalue weighted by Gasteiger charge is 2.19. The molecular formula is C15H19ClN2OS. The van der Waals surface area contributed by atoms with Crippen LogP contribution >= 0.6 is 22.9 Å². The van der Waals surface area contributed by atoms with Crippen LogP contribution in [-0.4, -0.2) is 20.7 Å². The number of hydrogen-bond donors (Lipinski definition) is 0. The molecule has 0 aliphatic heterocycles. The van der Waals surface area contributed by atoms with E-state index in [1.54, 1.807) is 18.3 Å². The number of halogens is 1.